The van der Waals surface area contributed by atoms with Crippen LogP contribution in [0.15, 0.2) is 24.3 Å². The highest BCUT2D eigenvalue weighted by Gasteiger charge is 2.07. The number of hydrogen-bond donors (Lipinski definition) is 1. The van der Waals surface area contributed by atoms with Crippen molar-refractivity contribution in [1.29, 1.82) is 0 Å². The van der Waals surface area contributed by atoms with Crippen LogP contribution in [0.4, 0.5) is 0 Å². The van der Waals surface area contributed by atoms with E-state index < -0.39 is 27.4 Å². The third kappa shape index (κ3) is 1.46. The molecule has 0 spiro atoms. The molecule has 0 saturated carbocycles. The second-order valence-electron chi connectivity index (χ2n) is 4.01. The van der Waals surface area contributed by atoms with Gasteiger partial charge >= 0.3 is 0 Å². The van der Waals surface area contributed by atoms with Gasteiger partial charge in [0.1, 0.15) is 0 Å². The van der Waals surface area contributed by atoms with Gasteiger partial charge in [-0.25, -0.2) is 0 Å². The minimum Gasteiger partial charge on any atom is -0.354 e. The molecular formula is C16H17N. The van der Waals surface area contributed by atoms with Crippen LogP contribution in [0.5, 0.6) is 0 Å². The Bertz CT molecular complexity index is 1010. The standard InChI is InChI=1S/C16H17N/c1-9-5-13-14-6-10(2)12(4)8-16(14)17-15(13)7-11(9)3/h5-8,17H,1-4H3/i1D3,2D3,3D3,4D3. The first-order valence-electron chi connectivity index (χ1n) is 11.1. The van der Waals surface area contributed by atoms with Crippen LogP contribution >= 0.6 is 0 Å². The van der Waals surface area contributed by atoms with E-state index >= 15 is 0 Å². The number of hydrogen-bond acceptors (Lipinski definition) is 0. The van der Waals surface area contributed by atoms with E-state index in [0.29, 0.717) is 10.8 Å². The minimum absolute atomic E-state index is 0.276. The number of nitrogens with one attached hydrogen (secondary N) is 1. The van der Waals surface area contributed by atoms with Gasteiger partial charge in [0.25, 0.3) is 0 Å². The maximum Gasteiger partial charge on any atom is 0.0467 e. The first-order chi connectivity index (χ1) is 12.9. The molecule has 0 saturated heterocycles. The molecule has 0 radical (unpaired) electrons. The zero-order chi connectivity index (χ0) is 22.2. The molecule has 2 aromatic carbocycles. The van der Waals surface area contributed by atoms with Crippen molar-refractivity contribution in [1.82, 2.24) is 4.98 Å². The smallest absolute Gasteiger partial charge is 0.0467 e. The summed E-state index contributed by atoms with van der Waals surface area (Å²) in [5, 5.41) is 0.614. The molecule has 86 valence electrons. The summed E-state index contributed by atoms with van der Waals surface area (Å²) in [7, 11) is 0. The topological polar surface area (TPSA) is 15.8 Å². The molecule has 0 aliphatic carbocycles. The molecule has 0 unspecified atom stereocenters. The molecule has 1 heteroatoms. The van der Waals surface area contributed by atoms with Gasteiger partial charge in [0.2, 0.25) is 0 Å². The van der Waals surface area contributed by atoms with E-state index in [1.165, 1.54) is 24.3 Å². The summed E-state index contributed by atoms with van der Waals surface area (Å²) in [4.78, 5) is 2.89. The van der Waals surface area contributed by atoms with Gasteiger partial charge in [0.05, 0.1) is 0 Å². The van der Waals surface area contributed by atoms with Crippen molar-refractivity contribution in [3.05, 3.63) is 46.5 Å². The van der Waals surface area contributed by atoms with E-state index in [1.54, 1.807) is 0 Å². The molecule has 3 aromatic rings. The molecule has 0 aliphatic heterocycles. The predicted molar refractivity (Wildman–Crippen MR) is 74.8 cm³/mol. The minimum atomic E-state index is -2.70. The molecule has 0 amide bonds. The van der Waals surface area contributed by atoms with Crippen molar-refractivity contribution in [2.75, 3.05) is 0 Å². The molecule has 0 atom stereocenters. The monoisotopic (exact) mass is 235 g/mol. The van der Waals surface area contributed by atoms with Gasteiger partial charge < -0.3 is 4.98 Å². The number of aromatic nitrogens is 1. The molecule has 0 fully saturated rings. The van der Waals surface area contributed by atoms with Crippen LogP contribution in [0.2, 0.25) is 0 Å². The summed E-state index contributed by atoms with van der Waals surface area (Å²) >= 11 is 0. The molecule has 1 N–H and O–H groups in total. The average molecular weight is 235 g/mol. The summed E-state index contributed by atoms with van der Waals surface area (Å²) in [6.07, 6.45) is 0. The Hall–Kier alpha value is -1.76. The Morgan fingerprint density at radius 3 is 1.53 bits per heavy atom. The van der Waals surface area contributed by atoms with E-state index in [1.807, 2.05) is 0 Å². The van der Waals surface area contributed by atoms with Gasteiger partial charge in [-0.2, -0.15) is 0 Å². The Morgan fingerprint density at radius 1 is 0.706 bits per heavy atom. The predicted octanol–water partition coefficient (Wildman–Crippen LogP) is 4.55. The fourth-order valence-electron chi connectivity index (χ4n) is 2.00. The number of aryl methyl sites for hydroxylation is 4. The SMILES string of the molecule is [2H]C([2H])([2H])c1cc2[nH]c3cc(C([2H])([2H])[2H])c(C([2H])([2H])[2H])cc3c2cc1C([2H])([2H])[2H]. The Labute approximate surface area is 118 Å². The summed E-state index contributed by atoms with van der Waals surface area (Å²) in [5.41, 5.74) is -0.855. The molecule has 1 heterocycles. The average Bonchev–Trinajstić information content (AvgIpc) is 2.86. The van der Waals surface area contributed by atoms with Gasteiger partial charge in [-0.1, -0.05) is 0 Å². The normalized spacial score (nSPS) is 24.9. The van der Waals surface area contributed by atoms with Gasteiger partial charge in [-0.05, 0) is 73.9 Å². The highest BCUT2D eigenvalue weighted by Crippen LogP contribution is 2.29. The van der Waals surface area contributed by atoms with Crippen LogP contribution in [0.25, 0.3) is 21.8 Å². The van der Waals surface area contributed by atoms with Gasteiger partial charge in [-0.15, -0.1) is 0 Å². The first kappa shape index (κ1) is 3.61. The summed E-state index contributed by atoms with van der Waals surface area (Å²) in [6.45, 7) is -10.8. The lowest BCUT2D eigenvalue weighted by molar-refractivity contribution is 1.35. The first-order valence-corrected chi connectivity index (χ1v) is 5.06. The number of H-pyrrole nitrogens is 1. The van der Waals surface area contributed by atoms with Crippen molar-refractivity contribution in [3.63, 3.8) is 0 Å². The quantitative estimate of drug-likeness (QED) is 0.588. The lowest BCUT2D eigenvalue weighted by Gasteiger charge is -2.01. The molecule has 1 nitrogen and oxygen atoms in total. The number of fused-ring (bicyclic) bond motifs is 3. The Balaban J connectivity index is 2.47. The maximum atomic E-state index is 7.70. The largest absolute Gasteiger partial charge is 0.354 e. The third-order valence-corrected chi connectivity index (χ3v) is 2.87. The molecule has 3 rings (SSSR count). The van der Waals surface area contributed by atoms with Gasteiger partial charge in [0.15, 0.2) is 0 Å². The molecule has 17 heavy (non-hydrogen) atoms. The molecular weight excluding hydrogens is 206 g/mol. The van der Waals surface area contributed by atoms with E-state index in [2.05, 4.69) is 4.98 Å². The fourth-order valence-corrected chi connectivity index (χ4v) is 2.00. The highest BCUT2D eigenvalue weighted by molar-refractivity contribution is 6.08. The van der Waals surface area contributed by atoms with Crippen molar-refractivity contribution in [2.24, 2.45) is 0 Å². The molecule has 0 bridgehead atoms. The zero-order valence-corrected chi connectivity index (χ0v) is 8.81. The van der Waals surface area contributed by atoms with E-state index in [0.717, 1.165) is 0 Å². The van der Waals surface area contributed by atoms with Crippen molar-refractivity contribution in [2.45, 2.75) is 27.4 Å². The second-order valence-corrected chi connectivity index (χ2v) is 4.01. The van der Waals surface area contributed by atoms with E-state index in [9.17, 15) is 0 Å². The van der Waals surface area contributed by atoms with Gasteiger partial charge in [-0.3, -0.25) is 0 Å². The van der Waals surface area contributed by atoms with Gasteiger partial charge in [0, 0.05) is 38.3 Å². The molecule has 0 aliphatic rings. The summed E-state index contributed by atoms with van der Waals surface area (Å²) < 4.78 is 92.1. The van der Waals surface area contributed by atoms with Crippen LogP contribution in [0.3, 0.4) is 0 Å². The lowest BCUT2D eigenvalue weighted by atomic mass is 10.0. The number of rotatable bonds is 0. The zero-order valence-electron chi connectivity index (χ0n) is 20.8. The van der Waals surface area contributed by atoms with Crippen LogP contribution < -0.4 is 0 Å². The van der Waals surface area contributed by atoms with E-state index in [-0.39, 0.29) is 33.3 Å². The van der Waals surface area contributed by atoms with E-state index in [4.69, 9.17) is 16.4 Å². The van der Waals surface area contributed by atoms with Crippen molar-refractivity contribution in [3.8, 4) is 0 Å². The summed E-state index contributed by atoms with van der Waals surface area (Å²) in [6, 6.07) is 4.82. The Morgan fingerprint density at radius 2 is 1.12 bits per heavy atom. The van der Waals surface area contributed by atoms with Crippen molar-refractivity contribution < 1.29 is 16.4 Å². The fraction of sp³-hybridized carbons (Fsp3) is 0.250. The maximum absolute atomic E-state index is 7.70. The second kappa shape index (κ2) is 3.36. The van der Waals surface area contributed by atoms with Crippen LogP contribution in [-0.4, -0.2) is 4.98 Å². The number of aromatic amines is 1. The number of benzene rings is 2. The van der Waals surface area contributed by atoms with Crippen molar-refractivity contribution >= 4 is 21.8 Å². The van der Waals surface area contributed by atoms with Crippen LogP contribution in [0, 0.1) is 27.4 Å². The Kier molecular flexibility index (Phi) is 0.715. The summed E-state index contributed by atoms with van der Waals surface area (Å²) in [5.74, 6) is 0. The third-order valence-electron chi connectivity index (χ3n) is 2.87. The van der Waals surface area contributed by atoms with Crippen LogP contribution in [-0.2, 0) is 0 Å². The van der Waals surface area contributed by atoms with Crippen LogP contribution in [0.1, 0.15) is 38.7 Å². The highest BCUT2D eigenvalue weighted by atomic mass is 14.7. The lowest BCUT2D eigenvalue weighted by Crippen LogP contribution is -1.80. The molecule has 1 aromatic heterocycles.